The molecule has 0 bridgehead atoms. The third kappa shape index (κ3) is 8.14. The van der Waals surface area contributed by atoms with Crippen LogP contribution in [0.3, 0.4) is 0 Å². The molecule has 3 atom stereocenters. The maximum absolute atomic E-state index is 15.8. The Labute approximate surface area is 339 Å². The normalized spacial score (nSPS) is 16.7. The zero-order valence-corrected chi connectivity index (χ0v) is 33.3. The van der Waals surface area contributed by atoms with Crippen LogP contribution in [-0.2, 0) is 45.5 Å². The monoisotopic (exact) mass is 852 g/mol. The van der Waals surface area contributed by atoms with E-state index in [9.17, 15) is 31.9 Å². The van der Waals surface area contributed by atoms with Gasteiger partial charge in [-0.25, -0.2) is 27.0 Å². The molecule has 0 saturated carbocycles. The Morgan fingerprint density at radius 2 is 1.78 bits per heavy atom. The van der Waals surface area contributed by atoms with Crippen molar-refractivity contribution >= 4 is 56.2 Å². The van der Waals surface area contributed by atoms with Crippen LogP contribution in [0.4, 0.5) is 34.0 Å². The SMILES string of the molecule is COC(=O)Nc1nn(CC(=O)N[C@@H](Cc2cc(F)cc(F)c2)c2nc(C#CC(C)(C)O)ccc2-c2ccc(Cl)c3c(NS(C)(=O)=O)nn(C)c23)c2c1[C@H]1C#C[C@H]1C2(F)F. The van der Waals surface area contributed by atoms with Crippen molar-refractivity contribution in [3.05, 3.63) is 87.3 Å². The lowest BCUT2D eigenvalue weighted by Crippen LogP contribution is -2.36. The number of aliphatic hydroxyl groups is 1. The Balaban J connectivity index is 1.38. The van der Waals surface area contributed by atoms with Crippen LogP contribution in [0.5, 0.6) is 0 Å². The number of methoxy groups -OCH3 is 1. The first-order valence-corrected chi connectivity index (χ1v) is 19.9. The number of carbonyl (C=O) groups is 2. The van der Waals surface area contributed by atoms with E-state index in [-0.39, 0.29) is 51.0 Å². The smallest absolute Gasteiger partial charge is 0.412 e. The summed E-state index contributed by atoms with van der Waals surface area (Å²) in [4.78, 5) is 31.0. The van der Waals surface area contributed by atoms with Crippen LogP contribution in [0.2, 0.25) is 5.02 Å². The van der Waals surface area contributed by atoms with Crippen molar-refractivity contribution in [3.8, 4) is 34.8 Å². The summed E-state index contributed by atoms with van der Waals surface area (Å²) >= 11 is 6.60. The molecular weight excluding hydrogens is 820 g/mol. The Morgan fingerprint density at radius 1 is 1.08 bits per heavy atom. The van der Waals surface area contributed by atoms with E-state index in [1.54, 1.807) is 19.2 Å². The molecule has 4 N–H and O–H groups in total. The summed E-state index contributed by atoms with van der Waals surface area (Å²) in [6.45, 7) is 2.07. The summed E-state index contributed by atoms with van der Waals surface area (Å²) in [5, 5.41) is 24.3. The third-order valence-corrected chi connectivity index (χ3v) is 10.3. The van der Waals surface area contributed by atoms with E-state index in [0.717, 1.165) is 30.2 Å². The largest absolute Gasteiger partial charge is 0.453 e. The van der Waals surface area contributed by atoms with Gasteiger partial charge in [0.1, 0.15) is 41.1 Å². The molecule has 0 aliphatic heterocycles. The van der Waals surface area contributed by atoms with E-state index in [1.165, 1.54) is 30.7 Å². The summed E-state index contributed by atoms with van der Waals surface area (Å²) < 4.78 is 94.5. The Morgan fingerprint density at radius 3 is 2.41 bits per heavy atom. The van der Waals surface area contributed by atoms with Gasteiger partial charge in [0.2, 0.25) is 15.9 Å². The molecule has 0 fully saturated rings. The predicted molar refractivity (Wildman–Crippen MR) is 208 cm³/mol. The molecule has 59 heavy (non-hydrogen) atoms. The molecule has 0 spiro atoms. The number of ether oxygens (including phenoxy) is 1. The van der Waals surface area contributed by atoms with Gasteiger partial charge < -0.3 is 15.2 Å². The van der Waals surface area contributed by atoms with E-state index in [0.29, 0.717) is 22.7 Å². The highest BCUT2D eigenvalue weighted by atomic mass is 35.5. The third-order valence-electron chi connectivity index (χ3n) is 9.39. The highest BCUT2D eigenvalue weighted by molar-refractivity contribution is 7.92. The van der Waals surface area contributed by atoms with Crippen LogP contribution < -0.4 is 15.4 Å². The maximum Gasteiger partial charge on any atom is 0.412 e. The molecule has 2 aliphatic carbocycles. The van der Waals surface area contributed by atoms with Gasteiger partial charge in [0, 0.05) is 29.8 Å². The number of aryl methyl sites for hydroxylation is 1. The van der Waals surface area contributed by atoms with Gasteiger partial charge in [-0.15, -0.1) is 0 Å². The van der Waals surface area contributed by atoms with Gasteiger partial charge in [0.25, 0.3) is 0 Å². The lowest BCUT2D eigenvalue weighted by atomic mass is 9.84. The first-order chi connectivity index (χ1) is 27.6. The predicted octanol–water partition coefficient (Wildman–Crippen LogP) is 5.36. The molecule has 2 aliphatic rings. The average Bonchev–Trinajstić information content (AvgIpc) is 3.66. The fraction of sp³-hybridized carbons (Fsp3) is 0.308. The van der Waals surface area contributed by atoms with Crippen LogP contribution in [0.1, 0.15) is 54.0 Å². The van der Waals surface area contributed by atoms with Gasteiger partial charge in [0.05, 0.1) is 46.9 Å². The average molecular weight is 853 g/mol. The van der Waals surface area contributed by atoms with E-state index in [1.807, 2.05) is 0 Å². The van der Waals surface area contributed by atoms with Crippen molar-refractivity contribution in [1.82, 2.24) is 29.9 Å². The van der Waals surface area contributed by atoms with Crippen molar-refractivity contribution in [2.24, 2.45) is 13.0 Å². The first-order valence-electron chi connectivity index (χ1n) is 17.6. The van der Waals surface area contributed by atoms with Crippen LogP contribution in [0.25, 0.3) is 22.0 Å². The topological polar surface area (TPSA) is 182 Å². The molecule has 2 aromatic carbocycles. The molecule has 14 nitrogen and oxygen atoms in total. The zero-order valence-electron chi connectivity index (χ0n) is 31.7. The minimum absolute atomic E-state index is 0.0570. The number of anilines is 2. The second kappa shape index (κ2) is 14.9. The molecule has 0 radical (unpaired) electrons. The number of hydrogen-bond acceptors (Lipinski definition) is 9. The molecule has 3 aromatic heterocycles. The summed E-state index contributed by atoms with van der Waals surface area (Å²) in [7, 11) is -1.21. The molecule has 0 unspecified atom stereocenters. The van der Waals surface area contributed by atoms with Crippen LogP contribution in [0.15, 0.2) is 42.5 Å². The lowest BCUT2D eigenvalue weighted by molar-refractivity contribution is -0.123. The summed E-state index contributed by atoms with van der Waals surface area (Å²) in [5.41, 5.74) is -0.941. The molecule has 5 aromatic rings. The van der Waals surface area contributed by atoms with E-state index in [2.05, 4.69) is 54.0 Å². The van der Waals surface area contributed by atoms with Gasteiger partial charge in [-0.1, -0.05) is 35.4 Å². The van der Waals surface area contributed by atoms with Crippen LogP contribution in [0, 0.1) is 41.2 Å². The van der Waals surface area contributed by atoms with Gasteiger partial charge in [-0.05, 0) is 62.1 Å². The molecule has 7 rings (SSSR count). The number of nitrogens with one attached hydrogen (secondary N) is 3. The number of nitrogens with zero attached hydrogens (tertiary/aromatic N) is 5. The van der Waals surface area contributed by atoms with E-state index >= 15 is 8.78 Å². The summed E-state index contributed by atoms with van der Waals surface area (Å²) in [6, 6.07) is 7.67. The Kier molecular flexibility index (Phi) is 10.4. The Hall–Kier alpha value is -6.15. The lowest BCUT2D eigenvalue weighted by Gasteiger charge is -2.24. The quantitative estimate of drug-likeness (QED) is 0.106. The summed E-state index contributed by atoms with van der Waals surface area (Å²) in [5.74, 6) is 1.56. The van der Waals surface area contributed by atoms with Crippen molar-refractivity contribution in [1.29, 1.82) is 0 Å². The molecule has 2 amide bonds. The highest BCUT2D eigenvalue weighted by Gasteiger charge is 2.60. The molecule has 3 heterocycles. The van der Waals surface area contributed by atoms with Crippen molar-refractivity contribution in [2.45, 2.75) is 50.3 Å². The van der Waals surface area contributed by atoms with E-state index in [4.69, 9.17) is 16.6 Å². The number of aromatic nitrogens is 5. The Bertz CT molecular complexity index is 2810. The van der Waals surface area contributed by atoms with Crippen molar-refractivity contribution < 1.29 is 45.4 Å². The standard InChI is InChI=1S/C39H33ClF4N8O6S/c1-38(2,55)13-12-22-6-7-23(24-9-11-27(40)31-33(24)51(3)48-36(31)50-59(5,56)57)32(45-22)28(16-19-14-20(41)17-21(42)15-19)46-29(53)18-52-34-30(35(49-52)47-37(54)58-4)25-8-10-26(25)39(34,43)44/h6-7,9,11,14-15,17,25-26,28,55H,16,18H2,1-5H3,(H,46,53)(H,48,50)(H,47,49,54)/t25-,26+,28-/m0/s1. The molecular formula is C39H33ClF4N8O6S. The maximum atomic E-state index is 15.8. The summed E-state index contributed by atoms with van der Waals surface area (Å²) in [6.07, 6.45) is -0.360. The van der Waals surface area contributed by atoms with Crippen LogP contribution >= 0.6 is 11.6 Å². The van der Waals surface area contributed by atoms with Crippen LogP contribution in [-0.4, -0.2) is 69.0 Å². The number of carbonyl (C=O) groups excluding carboxylic acids is 2. The molecule has 20 heteroatoms. The number of sulfonamides is 1. The van der Waals surface area contributed by atoms with Gasteiger partial charge in [-0.3, -0.25) is 24.2 Å². The van der Waals surface area contributed by atoms with E-state index < -0.39 is 75.3 Å². The fourth-order valence-corrected chi connectivity index (χ4v) is 7.80. The minimum atomic E-state index is -3.83. The number of halogens is 5. The number of hydrogen-bond donors (Lipinski definition) is 4. The second-order valence-electron chi connectivity index (χ2n) is 14.5. The number of rotatable bonds is 10. The van der Waals surface area contributed by atoms with Crippen molar-refractivity contribution in [3.63, 3.8) is 0 Å². The van der Waals surface area contributed by atoms with Gasteiger partial charge >= 0.3 is 12.0 Å². The van der Waals surface area contributed by atoms with Crippen molar-refractivity contribution in [2.75, 3.05) is 23.4 Å². The minimum Gasteiger partial charge on any atom is -0.453 e. The fourth-order valence-electron chi connectivity index (χ4n) is 7.07. The second-order valence-corrected chi connectivity index (χ2v) is 16.6. The van der Waals surface area contributed by atoms with Gasteiger partial charge in [0.15, 0.2) is 11.6 Å². The zero-order chi connectivity index (χ0) is 42.8. The number of amides is 2. The van der Waals surface area contributed by atoms with Gasteiger partial charge in [-0.2, -0.15) is 19.0 Å². The number of pyridine rings is 1. The number of alkyl halides is 2. The molecule has 306 valence electrons. The highest BCUT2D eigenvalue weighted by Crippen LogP contribution is 2.57. The first kappa shape index (κ1) is 41.0. The number of fused-ring (bicyclic) bond motifs is 4. The number of benzene rings is 2. The molecule has 0 saturated heterocycles.